The highest BCUT2D eigenvalue weighted by atomic mass is 32.2. The van der Waals surface area contributed by atoms with Crippen LogP contribution in [0.15, 0.2) is 29.4 Å². The van der Waals surface area contributed by atoms with E-state index in [9.17, 15) is 4.79 Å². The van der Waals surface area contributed by atoms with E-state index in [0.29, 0.717) is 11.7 Å². The van der Waals surface area contributed by atoms with Gasteiger partial charge in [-0.25, -0.2) is 0 Å². The molecule has 0 saturated heterocycles. The summed E-state index contributed by atoms with van der Waals surface area (Å²) in [5.74, 6) is 0.741. The minimum absolute atomic E-state index is 0.0210. The quantitative estimate of drug-likeness (QED) is 0.789. The number of aryl methyl sites for hydroxylation is 2. The number of para-hydroxylation sites is 1. The standard InChI is InChI=1S/C14H17N3O3S/c1-10-15-16-14(21-9-13(18)19)17(10)8-7-11-5-3-4-6-12(11)20-2/h3-6H,7-9H2,1-2H3,(H,18,19). The predicted octanol–water partition coefficient (Wildman–Crippen LogP) is 2.01. The van der Waals surface area contributed by atoms with E-state index in [2.05, 4.69) is 10.2 Å². The van der Waals surface area contributed by atoms with Crippen LogP contribution in [0, 0.1) is 6.92 Å². The minimum atomic E-state index is -0.864. The van der Waals surface area contributed by atoms with E-state index in [1.807, 2.05) is 35.8 Å². The average Bonchev–Trinajstić information content (AvgIpc) is 2.83. The van der Waals surface area contributed by atoms with Gasteiger partial charge in [0.2, 0.25) is 0 Å². The van der Waals surface area contributed by atoms with Crippen LogP contribution in [0.5, 0.6) is 5.75 Å². The molecule has 0 amide bonds. The second kappa shape index (κ2) is 7.12. The fourth-order valence-electron chi connectivity index (χ4n) is 1.99. The van der Waals surface area contributed by atoms with Crippen molar-refractivity contribution in [3.8, 4) is 5.75 Å². The number of methoxy groups -OCH3 is 1. The number of rotatable bonds is 7. The molecule has 0 aliphatic carbocycles. The third-order valence-electron chi connectivity index (χ3n) is 3.02. The molecule has 2 rings (SSSR count). The van der Waals surface area contributed by atoms with Crippen molar-refractivity contribution >= 4 is 17.7 Å². The first-order chi connectivity index (χ1) is 10.1. The molecular formula is C14H17N3O3S. The Balaban J connectivity index is 2.09. The number of hydrogen-bond acceptors (Lipinski definition) is 5. The molecule has 0 bridgehead atoms. The second-order valence-electron chi connectivity index (χ2n) is 4.43. The zero-order chi connectivity index (χ0) is 15.2. The van der Waals surface area contributed by atoms with Crippen LogP contribution < -0.4 is 4.74 Å². The molecule has 6 nitrogen and oxygen atoms in total. The van der Waals surface area contributed by atoms with Gasteiger partial charge in [-0.2, -0.15) is 0 Å². The lowest BCUT2D eigenvalue weighted by Gasteiger charge is -2.10. The molecule has 1 aromatic heterocycles. The lowest BCUT2D eigenvalue weighted by molar-refractivity contribution is -0.133. The maximum atomic E-state index is 10.7. The van der Waals surface area contributed by atoms with Crippen molar-refractivity contribution in [2.75, 3.05) is 12.9 Å². The topological polar surface area (TPSA) is 77.2 Å². The number of thioether (sulfide) groups is 1. The summed E-state index contributed by atoms with van der Waals surface area (Å²) < 4.78 is 7.26. The molecular weight excluding hydrogens is 290 g/mol. The molecule has 0 fully saturated rings. The molecule has 21 heavy (non-hydrogen) atoms. The maximum Gasteiger partial charge on any atom is 0.313 e. The van der Waals surface area contributed by atoms with Gasteiger partial charge in [-0.1, -0.05) is 30.0 Å². The maximum absolute atomic E-state index is 10.7. The Morgan fingerprint density at radius 3 is 2.86 bits per heavy atom. The average molecular weight is 307 g/mol. The van der Waals surface area contributed by atoms with Gasteiger partial charge in [0.25, 0.3) is 0 Å². The highest BCUT2D eigenvalue weighted by Gasteiger charge is 2.12. The van der Waals surface area contributed by atoms with Crippen LogP contribution in [0.3, 0.4) is 0 Å². The van der Waals surface area contributed by atoms with Crippen LogP contribution in [0.4, 0.5) is 0 Å². The molecule has 0 unspecified atom stereocenters. The van der Waals surface area contributed by atoms with Gasteiger partial charge in [-0.3, -0.25) is 4.79 Å². The zero-order valence-electron chi connectivity index (χ0n) is 11.9. The van der Waals surface area contributed by atoms with Gasteiger partial charge in [-0.15, -0.1) is 10.2 Å². The Kier molecular flexibility index (Phi) is 5.21. The lowest BCUT2D eigenvalue weighted by Crippen LogP contribution is -2.07. The lowest BCUT2D eigenvalue weighted by atomic mass is 10.1. The first-order valence-electron chi connectivity index (χ1n) is 6.48. The van der Waals surface area contributed by atoms with Crippen LogP contribution >= 0.6 is 11.8 Å². The van der Waals surface area contributed by atoms with E-state index < -0.39 is 5.97 Å². The van der Waals surface area contributed by atoms with Gasteiger partial charge in [0.05, 0.1) is 12.9 Å². The van der Waals surface area contributed by atoms with Gasteiger partial charge in [0.15, 0.2) is 5.16 Å². The van der Waals surface area contributed by atoms with Gasteiger partial charge in [0.1, 0.15) is 11.6 Å². The smallest absolute Gasteiger partial charge is 0.313 e. The molecule has 1 N–H and O–H groups in total. The fraction of sp³-hybridized carbons (Fsp3) is 0.357. The second-order valence-corrected chi connectivity index (χ2v) is 5.37. The number of hydrogen-bond donors (Lipinski definition) is 1. The van der Waals surface area contributed by atoms with Gasteiger partial charge < -0.3 is 14.4 Å². The molecule has 0 radical (unpaired) electrons. The van der Waals surface area contributed by atoms with Crippen molar-refractivity contribution < 1.29 is 14.6 Å². The Morgan fingerprint density at radius 1 is 1.38 bits per heavy atom. The molecule has 0 aliphatic rings. The number of carboxylic acids is 1. The molecule has 0 saturated carbocycles. The first-order valence-corrected chi connectivity index (χ1v) is 7.46. The van der Waals surface area contributed by atoms with Gasteiger partial charge in [0, 0.05) is 6.54 Å². The van der Waals surface area contributed by atoms with Crippen molar-refractivity contribution in [2.45, 2.75) is 25.0 Å². The number of carbonyl (C=O) groups is 1. The van der Waals surface area contributed by atoms with E-state index in [4.69, 9.17) is 9.84 Å². The molecule has 112 valence electrons. The summed E-state index contributed by atoms with van der Waals surface area (Å²) in [6, 6.07) is 7.84. The SMILES string of the molecule is COc1ccccc1CCn1c(C)nnc1SCC(=O)O. The summed E-state index contributed by atoms with van der Waals surface area (Å²) in [4.78, 5) is 10.7. The van der Waals surface area contributed by atoms with E-state index in [1.54, 1.807) is 7.11 Å². The van der Waals surface area contributed by atoms with Crippen molar-refractivity contribution in [1.29, 1.82) is 0 Å². The Morgan fingerprint density at radius 2 is 2.14 bits per heavy atom. The number of aliphatic carboxylic acids is 1. The Labute approximate surface area is 127 Å². The first kappa shape index (κ1) is 15.4. The number of carboxylic acid groups (broad SMARTS) is 1. The summed E-state index contributed by atoms with van der Waals surface area (Å²) in [6.07, 6.45) is 0.767. The molecule has 0 spiro atoms. The predicted molar refractivity (Wildman–Crippen MR) is 79.8 cm³/mol. The van der Waals surface area contributed by atoms with Crippen molar-refractivity contribution in [3.63, 3.8) is 0 Å². The third-order valence-corrected chi connectivity index (χ3v) is 3.98. The summed E-state index contributed by atoms with van der Waals surface area (Å²) in [7, 11) is 1.65. The normalized spacial score (nSPS) is 10.6. The minimum Gasteiger partial charge on any atom is -0.496 e. The molecule has 1 heterocycles. The summed E-state index contributed by atoms with van der Waals surface area (Å²) in [5.41, 5.74) is 1.10. The number of ether oxygens (including phenoxy) is 1. The molecule has 1 aromatic carbocycles. The van der Waals surface area contributed by atoms with Crippen LogP contribution in [0.2, 0.25) is 0 Å². The molecule has 7 heteroatoms. The highest BCUT2D eigenvalue weighted by molar-refractivity contribution is 7.99. The van der Waals surface area contributed by atoms with Crippen LogP contribution in [-0.4, -0.2) is 38.7 Å². The molecule has 2 aromatic rings. The van der Waals surface area contributed by atoms with E-state index in [1.165, 1.54) is 11.8 Å². The van der Waals surface area contributed by atoms with Crippen LogP contribution in [0.25, 0.3) is 0 Å². The number of aromatic nitrogens is 3. The summed E-state index contributed by atoms with van der Waals surface area (Å²) >= 11 is 1.18. The number of benzene rings is 1. The van der Waals surface area contributed by atoms with Gasteiger partial charge >= 0.3 is 5.97 Å². The third kappa shape index (κ3) is 3.98. The fourth-order valence-corrected chi connectivity index (χ4v) is 2.72. The highest BCUT2D eigenvalue weighted by Crippen LogP contribution is 2.21. The van der Waals surface area contributed by atoms with Crippen LogP contribution in [0.1, 0.15) is 11.4 Å². The Bertz CT molecular complexity index is 628. The van der Waals surface area contributed by atoms with Gasteiger partial charge in [-0.05, 0) is 25.0 Å². The van der Waals surface area contributed by atoms with Crippen molar-refractivity contribution in [3.05, 3.63) is 35.7 Å². The molecule has 0 atom stereocenters. The number of nitrogens with zero attached hydrogens (tertiary/aromatic N) is 3. The largest absolute Gasteiger partial charge is 0.496 e. The summed E-state index contributed by atoms with van der Waals surface area (Å²) in [6.45, 7) is 2.54. The van der Waals surface area contributed by atoms with E-state index in [0.717, 1.165) is 23.6 Å². The van der Waals surface area contributed by atoms with Crippen LogP contribution in [-0.2, 0) is 17.8 Å². The monoisotopic (exact) mass is 307 g/mol. The van der Waals surface area contributed by atoms with Crippen molar-refractivity contribution in [2.24, 2.45) is 0 Å². The van der Waals surface area contributed by atoms with Crippen molar-refractivity contribution in [1.82, 2.24) is 14.8 Å². The summed E-state index contributed by atoms with van der Waals surface area (Å²) in [5, 5.41) is 17.4. The van der Waals surface area contributed by atoms with E-state index >= 15 is 0 Å². The zero-order valence-corrected chi connectivity index (χ0v) is 12.8. The molecule has 0 aliphatic heterocycles. The Hall–Kier alpha value is -2.02. The van der Waals surface area contributed by atoms with E-state index in [-0.39, 0.29) is 5.75 Å².